The van der Waals surface area contributed by atoms with Gasteiger partial charge in [-0.3, -0.25) is 14.9 Å². The highest BCUT2D eigenvalue weighted by molar-refractivity contribution is 6.33. The molecule has 0 aliphatic carbocycles. The van der Waals surface area contributed by atoms with Crippen LogP contribution in [0.25, 0.3) is 0 Å². The number of nitrogens with one attached hydrogen (secondary N) is 1. The summed E-state index contributed by atoms with van der Waals surface area (Å²) in [5.41, 5.74) is 0.397. The lowest BCUT2D eigenvalue weighted by molar-refractivity contribution is -0.384. The summed E-state index contributed by atoms with van der Waals surface area (Å²) in [6.45, 7) is -0.312. The Kier molecular flexibility index (Phi) is 5.91. The van der Waals surface area contributed by atoms with E-state index < -0.39 is 16.8 Å². The molecule has 0 bridgehead atoms. The van der Waals surface area contributed by atoms with Crippen molar-refractivity contribution in [3.63, 3.8) is 0 Å². The lowest BCUT2D eigenvalue weighted by Crippen LogP contribution is -2.20. The molecule has 0 radical (unpaired) electrons. The van der Waals surface area contributed by atoms with Gasteiger partial charge >= 0.3 is 5.97 Å². The van der Waals surface area contributed by atoms with Crippen LogP contribution in [0.4, 0.5) is 11.4 Å². The van der Waals surface area contributed by atoms with Crippen molar-refractivity contribution in [3.05, 3.63) is 63.2 Å². The highest BCUT2D eigenvalue weighted by Crippen LogP contribution is 2.21. The van der Waals surface area contributed by atoms with E-state index in [0.29, 0.717) is 11.4 Å². The Morgan fingerprint density at radius 1 is 1.20 bits per heavy atom. The number of nitrogens with zero attached hydrogens (tertiary/aromatic N) is 1. The Labute approximate surface area is 147 Å². The Hall–Kier alpha value is -3.13. The average Bonchev–Trinajstić information content (AvgIpc) is 2.61. The van der Waals surface area contributed by atoms with Crippen LogP contribution in [0, 0.1) is 10.1 Å². The second-order valence-corrected chi connectivity index (χ2v) is 5.18. The van der Waals surface area contributed by atoms with Crippen LogP contribution in [0.15, 0.2) is 42.5 Å². The van der Waals surface area contributed by atoms with Gasteiger partial charge in [-0.2, -0.15) is 0 Å². The second kappa shape index (κ2) is 8.11. The molecule has 0 saturated carbocycles. The number of methoxy groups -OCH3 is 1. The van der Waals surface area contributed by atoms with Crippen LogP contribution in [0.5, 0.6) is 5.75 Å². The first kappa shape index (κ1) is 18.2. The number of carbonyl (C=O) groups is 2. The van der Waals surface area contributed by atoms with Gasteiger partial charge in [0.1, 0.15) is 5.75 Å². The Balaban J connectivity index is 1.96. The number of anilines is 1. The monoisotopic (exact) mass is 364 g/mol. The molecule has 0 aromatic heterocycles. The molecule has 130 valence electrons. The number of nitro benzene ring substituents is 1. The highest BCUT2D eigenvalue weighted by atomic mass is 35.5. The fourth-order valence-corrected chi connectivity index (χ4v) is 2.07. The van der Waals surface area contributed by atoms with Crippen LogP contribution < -0.4 is 10.1 Å². The van der Waals surface area contributed by atoms with Crippen molar-refractivity contribution in [3.8, 4) is 5.75 Å². The predicted molar refractivity (Wildman–Crippen MR) is 90.0 cm³/mol. The first-order valence-electron chi connectivity index (χ1n) is 6.95. The topological polar surface area (TPSA) is 108 Å². The molecule has 1 N–H and O–H groups in total. The van der Waals surface area contributed by atoms with E-state index in [0.717, 1.165) is 0 Å². The van der Waals surface area contributed by atoms with E-state index in [9.17, 15) is 19.7 Å². The van der Waals surface area contributed by atoms with Crippen LogP contribution in [0.3, 0.4) is 0 Å². The molecule has 8 nitrogen and oxygen atoms in total. The van der Waals surface area contributed by atoms with Crippen molar-refractivity contribution in [1.82, 2.24) is 0 Å². The zero-order chi connectivity index (χ0) is 18.4. The number of nitro groups is 1. The minimum absolute atomic E-state index is 0.0756. The Morgan fingerprint density at radius 2 is 1.88 bits per heavy atom. The number of non-ortho nitro benzene ring substituents is 1. The number of rotatable bonds is 6. The molecule has 0 spiro atoms. The summed E-state index contributed by atoms with van der Waals surface area (Å²) in [6.07, 6.45) is 0. The van der Waals surface area contributed by atoms with Gasteiger partial charge in [0, 0.05) is 17.8 Å². The lowest BCUT2D eigenvalue weighted by Gasteiger charge is -2.09. The SMILES string of the molecule is COC(=O)c1cc(NC(=O)COc2ccc([N+](=O)[O-])cc2)ccc1Cl. The van der Waals surface area contributed by atoms with Crippen molar-refractivity contribution in [2.45, 2.75) is 0 Å². The molecule has 2 rings (SSSR count). The van der Waals surface area contributed by atoms with Crippen LogP contribution >= 0.6 is 11.6 Å². The molecule has 0 atom stereocenters. The largest absolute Gasteiger partial charge is 0.484 e. The van der Waals surface area contributed by atoms with Crippen molar-refractivity contribution in [1.29, 1.82) is 0 Å². The van der Waals surface area contributed by atoms with Gasteiger partial charge in [-0.15, -0.1) is 0 Å². The van der Waals surface area contributed by atoms with E-state index in [1.165, 1.54) is 49.6 Å². The molecule has 0 fully saturated rings. The third kappa shape index (κ3) is 4.92. The van der Waals surface area contributed by atoms with Crippen molar-refractivity contribution in [2.24, 2.45) is 0 Å². The summed E-state index contributed by atoms with van der Waals surface area (Å²) in [4.78, 5) is 33.5. The molecule has 0 saturated heterocycles. The van der Waals surface area contributed by atoms with Crippen LogP contribution in [0.1, 0.15) is 10.4 Å². The van der Waals surface area contributed by atoms with Crippen LogP contribution in [-0.2, 0) is 9.53 Å². The van der Waals surface area contributed by atoms with Gasteiger partial charge in [-0.1, -0.05) is 11.6 Å². The normalized spacial score (nSPS) is 10.0. The standard InChI is InChI=1S/C16H13ClN2O6/c1-24-16(21)13-8-10(2-7-14(13)17)18-15(20)9-25-12-5-3-11(4-6-12)19(22)23/h2-8H,9H2,1H3,(H,18,20). The zero-order valence-corrected chi connectivity index (χ0v) is 13.8. The molecule has 0 heterocycles. The molecular weight excluding hydrogens is 352 g/mol. The lowest BCUT2D eigenvalue weighted by atomic mass is 10.2. The molecule has 25 heavy (non-hydrogen) atoms. The van der Waals surface area contributed by atoms with Gasteiger partial charge < -0.3 is 14.8 Å². The van der Waals surface area contributed by atoms with Crippen LogP contribution in [0.2, 0.25) is 5.02 Å². The number of amides is 1. The van der Waals surface area contributed by atoms with E-state index in [1.54, 1.807) is 0 Å². The summed E-state index contributed by atoms with van der Waals surface area (Å²) in [5, 5.41) is 13.3. The third-order valence-corrected chi connectivity index (χ3v) is 3.40. The van der Waals surface area contributed by atoms with Gasteiger partial charge in [0.05, 0.1) is 22.6 Å². The molecule has 2 aromatic carbocycles. The number of esters is 1. The zero-order valence-electron chi connectivity index (χ0n) is 13.0. The summed E-state index contributed by atoms with van der Waals surface area (Å²) >= 11 is 5.90. The van der Waals surface area contributed by atoms with Gasteiger partial charge in [0.2, 0.25) is 0 Å². The summed E-state index contributed by atoms with van der Waals surface area (Å²) < 4.78 is 9.85. The first-order chi connectivity index (χ1) is 11.9. The van der Waals surface area contributed by atoms with Gasteiger partial charge in [-0.05, 0) is 30.3 Å². The molecule has 0 aliphatic heterocycles. The molecular formula is C16H13ClN2O6. The second-order valence-electron chi connectivity index (χ2n) is 4.77. The first-order valence-corrected chi connectivity index (χ1v) is 7.33. The molecule has 0 unspecified atom stereocenters. The fourth-order valence-electron chi connectivity index (χ4n) is 1.88. The quantitative estimate of drug-likeness (QED) is 0.479. The molecule has 1 amide bonds. The minimum atomic E-state index is -0.622. The fraction of sp³-hybridized carbons (Fsp3) is 0.125. The molecule has 9 heteroatoms. The van der Waals surface area contributed by atoms with E-state index >= 15 is 0 Å². The maximum absolute atomic E-state index is 11.9. The maximum atomic E-state index is 11.9. The van der Waals surface area contributed by atoms with Gasteiger partial charge in [-0.25, -0.2) is 4.79 Å². The smallest absolute Gasteiger partial charge is 0.339 e. The third-order valence-electron chi connectivity index (χ3n) is 3.07. The summed E-state index contributed by atoms with van der Waals surface area (Å²) in [7, 11) is 1.22. The number of ether oxygens (including phenoxy) is 2. The molecule has 0 aliphatic rings. The van der Waals surface area contributed by atoms with E-state index in [4.69, 9.17) is 16.3 Å². The van der Waals surface area contributed by atoms with Crippen LogP contribution in [-0.4, -0.2) is 30.5 Å². The number of carbonyl (C=O) groups excluding carboxylic acids is 2. The summed E-state index contributed by atoms with van der Waals surface area (Å²) in [5.74, 6) is -0.785. The predicted octanol–water partition coefficient (Wildman–Crippen LogP) is 3.05. The number of benzene rings is 2. The highest BCUT2D eigenvalue weighted by Gasteiger charge is 2.13. The molecule has 2 aromatic rings. The van der Waals surface area contributed by atoms with Crippen molar-refractivity contribution in [2.75, 3.05) is 19.0 Å². The van der Waals surface area contributed by atoms with E-state index in [1.807, 2.05) is 0 Å². The maximum Gasteiger partial charge on any atom is 0.339 e. The number of hydrogen-bond donors (Lipinski definition) is 1. The van der Waals surface area contributed by atoms with Crippen molar-refractivity contribution >= 4 is 34.9 Å². The number of halogens is 1. The van der Waals surface area contributed by atoms with E-state index in [-0.39, 0.29) is 22.9 Å². The Morgan fingerprint density at radius 3 is 2.48 bits per heavy atom. The number of hydrogen-bond acceptors (Lipinski definition) is 6. The summed E-state index contributed by atoms with van der Waals surface area (Å²) in [6, 6.07) is 9.70. The average molecular weight is 365 g/mol. The van der Waals surface area contributed by atoms with Gasteiger partial charge in [0.15, 0.2) is 6.61 Å². The Bertz CT molecular complexity index is 807. The van der Waals surface area contributed by atoms with Crippen molar-refractivity contribution < 1.29 is 24.0 Å². The van der Waals surface area contributed by atoms with E-state index in [2.05, 4.69) is 10.1 Å². The van der Waals surface area contributed by atoms with Gasteiger partial charge in [0.25, 0.3) is 11.6 Å². The minimum Gasteiger partial charge on any atom is -0.484 e.